The second-order valence-corrected chi connectivity index (χ2v) is 6.11. The molecule has 96 valence electrons. The molecule has 0 bridgehead atoms. The van der Waals surface area contributed by atoms with Gasteiger partial charge in [0, 0.05) is 36.5 Å². The van der Waals surface area contributed by atoms with Crippen molar-refractivity contribution in [2.24, 2.45) is 11.8 Å². The van der Waals surface area contributed by atoms with Crippen LogP contribution >= 0.6 is 11.3 Å². The first kappa shape index (κ1) is 11.9. The number of hydrogen-bond acceptors (Lipinski definition) is 3. The van der Waals surface area contributed by atoms with Crippen LogP contribution in [-0.2, 0) is 11.2 Å². The van der Waals surface area contributed by atoms with E-state index in [0.29, 0.717) is 5.78 Å². The van der Waals surface area contributed by atoms with Crippen LogP contribution in [0.4, 0.5) is 0 Å². The lowest BCUT2D eigenvalue weighted by atomic mass is 9.77. The molecule has 3 nitrogen and oxygen atoms in total. The Labute approximate surface area is 111 Å². The molecule has 0 aromatic carbocycles. The molecule has 1 aliphatic rings. The molecule has 0 saturated heterocycles. The molecular weight excluding hydrogens is 244 g/mol. The van der Waals surface area contributed by atoms with E-state index >= 15 is 0 Å². The quantitative estimate of drug-likeness (QED) is 0.850. The summed E-state index contributed by atoms with van der Waals surface area (Å²) >= 11 is 1.64. The minimum absolute atomic E-state index is 0.202. The maximum absolute atomic E-state index is 12.0. The molecule has 0 aliphatic heterocycles. The summed E-state index contributed by atoms with van der Waals surface area (Å²) in [5.41, 5.74) is 1.07. The summed E-state index contributed by atoms with van der Waals surface area (Å²) in [4.78, 5) is 17.6. The van der Waals surface area contributed by atoms with E-state index in [1.807, 2.05) is 16.0 Å². The summed E-state index contributed by atoms with van der Waals surface area (Å²) in [5, 5.41) is 2.03. The molecule has 0 N–H and O–H groups in total. The van der Waals surface area contributed by atoms with E-state index in [9.17, 15) is 4.79 Å². The fraction of sp³-hybridized carbons (Fsp3) is 0.571. The smallest absolute Gasteiger partial charge is 0.193 e. The third-order valence-corrected chi connectivity index (χ3v) is 4.82. The van der Waals surface area contributed by atoms with Gasteiger partial charge in [0.05, 0.1) is 5.69 Å². The van der Waals surface area contributed by atoms with Crippen molar-refractivity contribution in [3.05, 3.63) is 23.5 Å². The summed E-state index contributed by atoms with van der Waals surface area (Å²) in [6.45, 7) is 2.23. The van der Waals surface area contributed by atoms with Crippen LogP contribution in [-0.4, -0.2) is 15.2 Å². The van der Waals surface area contributed by atoms with Gasteiger partial charge in [0.15, 0.2) is 4.96 Å². The van der Waals surface area contributed by atoms with Gasteiger partial charge in [0.2, 0.25) is 0 Å². The number of fused-ring (bicyclic) bond motifs is 1. The molecule has 0 radical (unpaired) electrons. The lowest BCUT2D eigenvalue weighted by molar-refractivity contribution is -0.125. The molecule has 1 saturated carbocycles. The van der Waals surface area contributed by atoms with Crippen molar-refractivity contribution in [3.63, 3.8) is 0 Å². The molecule has 3 rings (SSSR count). The van der Waals surface area contributed by atoms with E-state index in [2.05, 4.69) is 18.1 Å². The summed E-state index contributed by atoms with van der Waals surface area (Å²) in [5.74, 6) is 1.38. The zero-order valence-corrected chi connectivity index (χ0v) is 11.4. The first-order chi connectivity index (χ1) is 8.76. The number of aromatic nitrogens is 2. The highest BCUT2D eigenvalue weighted by molar-refractivity contribution is 7.15. The van der Waals surface area contributed by atoms with Crippen molar-refractivity contribution >= 4 is 22.1 Å². The van der Waals surface area contributed by atoms with E-state index in [-0.39, 0.29) is 5.92 Å². The number of nitrogens with zero attached hydrogens (tertiary/aromatic N) is 2. The van der Waals surface area contributed by atoms with Crippen molar-refractivity contribution in [1.29, 1.82) is 0 Å². The zero-order chi connectivity index (χ0) is 12.5. The van der Waals surface area contributed by atoms with E-state index in [1.54, 1.807) is 11.3 Å². The molecule has 2 unspecified atom stereocenters. The van der Waals surface area contributed by atoms with Crippen LogP contribution in [0, 0.1) is 11.8 Å². The Kier molecular flexibility index (Phi) is 3.20. The highest BCUT2D eigenvalue weighted by Crippen LogP contribution is 2.30. The van der Waals surface area contributed by atoms with E-state index in [4.69, 9.17) is 0 Å². The van der Waals surface area contributed by atoms with E-state index in [1.165, 1.54) is 6.42 Å². The van der Waals surface area contributed by atoms with Crippen LogP contribution < -0.4 is 0 Å². The normalized spacial score (nSPS) is 24.8. The Morgan fingerprint density at radius 2 is 2.44 bits per heavy atom. The Hall–Kier alpha value is -1.16. The Morgan fingerprint density at radius 1 is 1.56 bits per heavy atom. The molecule has 2 heterocycles. The van der Waals surface area contributed by atoms with Gasteiger partial charge in [-0.2, -0.15) is 0 Å². The highest BCUT2D eigenvalue weighted by atomic mass is 32.1. The predicted octanol–water partition coefficient (Wildman–Crippen LogP) is 3.33. The molecule has 2 atom stereocenters. The lowest BCUT2D eigenvalue weighted by Crippen LogP contribution is -2.26. The molecule has 4 heteroatoms. The first-order valence-electron chi connectivity index (χ1n) is 6.70. The van der Waals surface area contributed by atoms with Gasteiger partial charge in [-0.15, -0.1) is 11.3 Å². The average Bonchev–Trinajstić information content (AvgIpc) is 2.92. The Balaban J connectivity index is 1.74. The lowest BCUT2D eigenvalue weighted by Gasteiger charge is -2.26. The molecule has 1 aliphatic carbocycles. The number of thiazole rings is 1. The monoisotopic (exact) mass is 262 g/mol. The summed E-state index contributed by atoms with van der Waals surface area (Å²) < 4.78 is 2.05. The van der Waals surface area contributed by atoms with Crippen molar-refractivity contribution in [2.75, 3.05) is 0 Å². The van der Waals surface area contributed by atoms with Crippen LogP contribution in [0.15, 0.2) is 17.8 Å². The maximum atomic E-state index is 12.0. The van der Waals surface area contributed by atoms with Gasteiger partial charge >= 0.3 is 0 Å². The summed E-state index contributed by atoms with van der Waals surface area (Å²) in [6, 6.07) is 0. The summed E-state index contributed by atoms with van der Waals surface area (Å²) in [7, 11) is 0. The van der Waals surface area contributed by atoms with Gasteiger partial charge in [-0.3, -0.25) is 9.20 Å². The fourth-order valence-electron chi connectivity index (χ4n) is 2.90. The SMILES string of the molecule is CCC1CCC(=O)C(Cc2cn3ccsc3n2)C1. The molecule has 1 fully saturated rings. The predicted molar refractivity (Wildman–Crippen MR) is 72.9 cm³/mol. The molecule has 0 amide bonds. The minimum Gasteiger partial charge on any atom is -0.299 e. The fourth-order valence-corrected chi connectivity index (χ4v) is 3.62. The van der Waals surface area contributed by atoms with Gasteiger partial charge in [0.25, 0.3) is 0 Å². The second kappa shape index (κ2) is 4.84. The molecule has 2 aromatic heterocycles. The maximum Gasteiger partial charge on any atom is 0.193 e. The Morgan fingerprint density at radius 3 is 3.22 bits per heavy atom. The molecular formula is C14H18N2OS. The van der Waals surface area contributed by atoms with Crippen LogP contribution in [0.5, 0.6) is 0 Å². The van der Waals surface area contributed by atoms with Gasteiger partial charge < -0.3 is 0 Å². The molecule has 18 heavy (non-hydrogen) atoms. The van der Waals surface area contributed by atoms with Crippen LogP contribution in [0.3, 0.4) is 0 Å². The summed E-state index contributed by atoms with van der Waals surface area (Å²) in [6.07, 6.45) is 9.02. The standard InChI is InChI=1S/C14H18N2OS/c1-2-10-3-4-13(17)11(7-10)8-12-9-16-5-6-18-14(16)15-12/h5-6,9-11H,2-4,7-8H2,1H3. The zero-order valence-electron chi connectivity index (χ0n) is 10.6. The van der Waals surface area contributed by atoms with Crippen molar-refractivity contribution < 1.29 is 4.79 Å². The average molecular weight is 262 g/mol. The molecule has 2 aromatic rings. The first-order valence-corrected chi connectivity index (χ1v) is 7.58. The third-order valence-electron chi connectivity index (χ3n) is 4.05. The van der Waals surface area contributed by atoms with E-state index in [0.717, 1.165) is 42.3 Å². The molecule has 0 spiro atoms. The number of ketones is 1. The number of hydrogen-bond donors (Lipinski definition) is 0. The minimum atomic E-state index is 0.202. The van der Waals surface area contributed by atoms with Crippen molar-refractivity contribution in [1.82, 2.24) is 9.38 Å². The van der Waals surface area contributed by atoms with Gasteiger partial charge in [-0.25, -0.2) is 4.98 Å². The highest BCUT2D eigenvalue weighted by Gasteiger charge is 2.28. The van der Waals surface area contributed by atoms with Gasteiger partial charge in [-0.05, 0) is 18.8 Å². The van der Waals surface area contributed by atoms with Gasteiger partial charge in [-0.1, -0.05) is 13.3 Å². The van der Waals surface area contributed by atoms with Gasteiger partial charge in [0.1, 0.15) is 5.78 Å². The Bertz CT molecular complexity index is 528. The van der Waals surface area contributed by atoms with E-state index < -0.39 is 0 Å². The number of rotatable bonds is 3. The number of carbonyl (C=O) groups is 1. The second-order valence-electron chi connectivity index (χ2n) is 5.24. The van der Waals surface area contributed by atoms with Crippen LogP contribution in [0.25, 0.3) is 4.96 Å². The largest absolute Gasteiger partial charge is 0.299 e. The van der Waals surface area contributed by atoms with Crippen LogP contribution in [0.1, 0.15) is 38.3 Å². The van der Waals surface area contributed by atoms with Crippen molar-refractivity contribution in [3.8, 4) is 0 Å². The van der Waals surface area contributed by atoms with Crippen molar-refractivity contribution in [2.45, 2.75) is 39.0 Å². The van der Waals surface area contributed by atoms with Crippen LogP contribution in [0.2, 0.25) is 0 Å². The number of imidazole rings is 1. The number of carbonyl (C=O) groups excluding carboxylic acids is 1. The number of Topliss-reactive ketones (excluding diaryl/α,β-unsaturated/α-hetero) is 1. The topological polar surface area (TPSA) is 34.4 Å². The third kappa shape index (κ3) is 2.21.